The molecule has 1 aliphatic rings. The lowest BCUT2D eigenvalue weighted by atomic mass is 10.1. The second-order valence-electron chi connectivity index (χ2n) is 4.40. The summed E-state index contributed by atoms with van der Waals surface area (Å²) in [5.41, 5.74) is 1.49. The van der Waals surface area contributed by atoms with Gasteiger partial charge in [-0.25, -0.2) is 0 Å². The number of fused-ring (bicyclic) bond motifs is 1. The maximum atomic E-state index is 12.7. The van der Waals surface area contributed by atoms with Gasteiger partial charge in [-0.1, -0.05) is 39.7 Å². The predicted octanol–water partition coefficient (Wildman–Crippen LogP) is 4.86. The van der Waals surface area contributed by atoms with Crippen LogP contribution in [-0.2, 0) is 0 Å². The van der Waals surface area contributed by atoms with Crippen molar-refractivity contribution in [3.05, 3.63) is 57.5 Å². The van der Waals surface area contributed by atoms with Crippen LogP contribution < -0.4 is 4.90 Å². The first-order valence-corrected chi connectivity index (χ1v) is 8.31. The number of hydrogen-bond acceptors (Lipinski definition) is 2. The summed E-state index contributed by atoms with van der Waals surface area (Å²) in [5, 5.41) is 0.480. The minimum Gasteiger partial charge on any atom is -0.306 e. The second kappa shape index (κ2) is 5.80. The van der Waals surface area contributed by atoms with Gasteiger partial charge in [-0.2, -0.15) is 0 Å². The minimum absolute atomic E-state index is 0.0518. The van der Waals surface area contributed by atoms with Crippen LogP contribution in [0, 0.1) is 0 Å². The number of rotatable bonds is 1. The Morgan fingerprint density at radius 3 is 2.90 bits per heavy atom. The lowest BCUT2D eigenvalue weighted by Crippen LogP contribution is -2.35. The monoisotopic (exact) mass is 367 g/mol. The zero-order valence-corrected chi connectivity index (χ0v) is 13.6. The molecule has 0 unspecified atom stereocenters. The fourth-order valence-corrected chi connectivity index (χ4v) is 3.74. The molecule has 0 aromatic heterocycles. The van der Waals surface area contributed by atoms with Crippen molar-refractivity contribution in [1.29, 1.82) is 0 Å². The zero-order valence-electron chi connectivity index (χ0n) is 10.5. The van der Waals surface area contributed by atoms with Gasteiger partial charge in [0.05, 0.1) is 16.3 Å². The lowest BCUT2D eigenvalue weighted by Gasteiger charge is -2.29. The van der Waals surface area contributed by atoms with Gasteiger partial charge >= 0.3 is 0 Å². The van der Waals surface area contributed by atoms with E-state index in [9.17, 15) is 4.79 Å². The summed E-state index contributed by atoms with van der Waals surface area (Å²) in [7, 11) is 0. The molecule has 102 valence electrons. The summed E-state index contributed by atoms with van der Waals surface area (Å²) in [6.45, 7) is 0.698. The highest BCUT2D eigenvalue weighted by Crippen LogP contribution is 2.36. The average molecular weight is 369 g/mol. The molecule has 0 N–H and O–H groups in total. The van der Waals surface area contributed by atoms with Gasteiger partial charge in [0.1, 0.15) is 0 Å². The summed E-state index contributed by atoms with van der Waals surface area (Å²) in [4.78, 5) is 15.7. The van der Waals surface area contributed by atoms with Crippen molar-refractivity contribution >= 4 is 50.9 Å². The van der Waals surface area contributed by atoms with Gasteiger partial charge in [-0.15, -0.1) is 11.8 Å². The number of benzene rings is 2. The number of thioether (sulfide) groups is 1. The van der Waals surface area contributed by atoms with Gasteiger partial charge in [0, 0.05) is 21.7 Å². The summed E-state index contributed by atoms with van der Waals surface area (Å²) < 4.78 is 0.852. The molecule has 0 aliphatic carbocycles. The topological polar surface area (TPSA) is 20.3 Å². The molecule has 0 bridgehead atoms. The minimum atomic E-state index is -0.0518. The Morgan fingerprint density at radius 1 is 1.25 bits per heavy atom. The zero-order chi connectivity index (χ0) is 14.1. The van der Waals surface area contributed by atoms with Gasteiger partial charge in [-0.05, 0) is 30.3 Å². The molecule has 2 nitrogen and oxygen atoms in total. The van der Waals surface area contributed by atoms with Crippen LogP contribution in [0.25, 0.3) is 0 Å². The first-order chi connectivity index (χ1) is 9.66. The van der Waals surface area contributed by atoms with Crippen LogP contribution in [0.1, 0.15) is 10.4 Å². The molecule has 1 amide bonds. The molecule has 0 spiro atoms. The van der Waals surface area contributed by atoms with E-state index in [4.69, 9.17) is 11.6 Å². The van der Waals surface area contributed by atoms with Crippen LogP contribution in [0.3, 0.4) is 0 Å². The van der Waals surface area contributed by atoms with Gasteiger partial charge in [0.15, 0.2) is 0 Å². The van der Waals surface area contributed by atoms with E-state index in [0.717, 1.165) is 20.8 Å². The molecule has 1 heterocycles. The number of nitrogens with zero attached hydrogens (tertiary/aromatic N) is 1. The van der Waals surface area contributed by atoms with Gasteiger partial charge < -0.3 is 4.90 Å². The SMILES string of the molecule is O=C(c1cc(Br)ccc1Cl)N1CCSc2ccccc21. The summed E-state index contributed by atoms with van der Waals surface area (Å²) >= 11 is 11.3. The van der Waals surface area contributed by atoms with Crippen molar-refractivity contribution in [3.8, 4) is 0 Å². The van der Waals surface area contributed by atoms with Crippen LogP contribution >= 0.6 is 39.3 Å². The van der Waals surface area contributed by atoms with E-state index in [0.29, 0.717) is 17.1 Å². The number of anilines is 1. The summed E-state index contributed by atoms with van der Waals surface area (Å²) in [5.74, 6) is 0.845. The molecule has 1 aliphatic heterocycles. The van der Waals surface area contributed by atoms with Crippen molar-refractivity contribution in [2.75, 3.05) is 17.2 Å². The normalized spacial score (nSPS) is 14.0. The number of para-hydroxylation sites is 1. The molecule has 5 heteroatoms. The number of carbonyl (C=O) groups is 1. The Hall–Kier alpha value is -0.970. The molecule has 0 atom stereocenters. The van der Waals surface area contributed by atoms with Crippen LogP contribution in [0.15, 0.2) is 51.8 Å². The van der Waals surface area contributed by atoms with Crippen LogP contribution in [0.4, 0.5) is 5.69 Å². The van der Waals surface area contributed by atoms with E-state index in [-0.39, 0.29) is 5.91 Å². The van der Waals surface area contributed by atoms with Crippen LogP contribution in [0.5, 0.6) is 0 Å². The summed E-state index contributed by atoms with van der Waals surface area (Å²) in [6, 6.07) is 13.3. The maximum absolute atomic E-state index is 12.7. The maximum Gasteiger partial charge on any atom is 0.259 e. The predicted molar refractivity (Wildman–Crippen MR) is 88.0 cm³/mol. The van der Waals surface area contributed by atoms with Crippen molar-refractivity contribution in [2.45, 2.75) is 4.90 Å². The molecule has 0 radical (unpaired) electrons. The molecular formula is C15H11BrClNOS. The Bertz CT molecular complexity index is 677. The van der Waals surface area contributed by atoms with Crippen molar-refractivity contribution in [1.82, 2.24) is 0 Å². The summed E-state index contributed by atoms with van der Waals surface area (Å²) in [6.07, 6.45) is 0. The van der Waals surface area contributed by atoms with Crippen molar-refractivity contribution in [3.63, 3.8) is 0 Å². The largest absolute Gasteiger partial charge is 0.306 e. The van der Waals surface area contributed by atoms with E-state index in [1.807, 2.05) is 30.3 Å². The van der Waals surface area contributed by atoms with E-state index in [2.05, 4.69) is 15.9 Å². The highest BCUT2D eigenvalue weighted by molar-refractivity contribution is 9.10. The third-order valence-electron chi connectivity index (χ3n) is 3.13. The van der Waals surface area contributed by atoms with Crippen molar-refractivity contribution in [2.24, 2.45) is 0 Å². The number of halogens is 2. The standard InChI is InChI=1S/C15H11BrClNOS/c16-10-5-6-12(17)11(9-10)15(19)18-7-8-20-14-4-2-1-3-13(14)18/h1-6,9H,7-8H2. The fraction of sp³-hybridized carbons (Fsp3) is 0.133. The molecule has 0 saturated heterocycles. The van der Waals surface area contributed by atoms with Crippen molar-refractivity contribution < 1.29 is 4.79 Å². The molecule has 2 aromatic carbocycles. The number of amides is 1. The molecule has 3 rings (SSSR count). The molecule has 2 aromatic rings. The van der Waals surface area contributed by atoms with E-state index in [1.165, 1.54) is 0 Å². The first-order valence-electron chi connectivity index (χ1n) is 6.15. The van der Waals surface area contributed by atoms with Crippen LogP contribution in [-0.4, -0.2) is 18.2 Å². The highest BCUT2D eigenvalue weighted by Gasteiger charge is 2.25. The molecule has 0 fully saturated rings. The third kappa shape index (κ3) is 2.60. The Morgan fingerprint density at radius 2 is 2.05 bits per heavy atom. The Labute approximate surface area is 135 Å². The van der Waals surface area contributed by atoms with Gasteiger partial charge in [0.2, 0.25) is 0 Å². The molecule has 20 heavy (non-hydrogen) atoms. The number of hydrogen-bond donors (Lipinski definition) is 0. The van der Waals surface area contributed by atoms with E-state index < -0.39 is 0 Å². The molecule has 0 saturated carbocycles. The smallest absolute Gasteiger partial charge is 0.259 e. The fourth-order valence-electron chi connectivity index (χ4n) is 2.19. The Kier molecular flexibility index (Phi) is 4.06. The first kappa shape index (κ1) is 14.0. The van der Waals surface area contributed by atoms with Gasteiger partial charge in [0.25, 0.3) is 5.91 Å². The van der Waals surface area contributed by atoms with Crippen LogP contribution in [0.2, 0.25) is 5.02 Å². The third-order valence-corrected chi connectivity index (χ3v) is 5.00. The quantitative estimate of drug-likeness (QED) is 0.717. The van der Waals surface area contributed by atoms with Gasteiger partial charge in [-0.3, -0.25) is 4.79 Å². The highest BCUT2D eigenvalue weighted by atomic mass is 79.9. The molecular weight excluding hydrogens is 358 g/mol. The second-order valence-corrected chi connectivity index (χ2v) is 6.86. The van der Waals surface area contributed by atoms with E-state index in [1.54, 1.807) is 28.8 Å². The lowest BCUT2D eigenvalue weighted by molar-refractivity contribution is 0.0988. The number of carbonyl (C=O) groups excluding carboxylic acids is 1. The Balaban J connectivity index is 2.02. The van der Waals surface area contributed by atoms with E-state index >= 15 is 0 Å². The average Bonchev–Trinajstić information content (AvgIpc) is 2.48.